The number of amides is 3. The number of nitrogens with one attached hydrogen (secondary N) is 2. The molecule has 1 aromatic carbocycles. The van der Waals surface area contributed by atoms with Crippen LogP contribution in [-0.2, 0) is 14.3 Å². The van der Waals surface area contributed by atoms with Gasteiger partial charge in [-0.2, -0.15) is 0 Å². The van der Waals surface area contributed by atoms with Gasteiger partial charge in [0.05, 0.1) is 24.1 Å². The van der Waals surface area contributed by atoms with Crippen molar-refractivity contribution in [2.24, 2.45) is 5.92 Å². The van der Waals surface area contributed by atoms with Crippen LogP contribution in [0.2, 0.25) is 0 Å². The summed E-state index contributed by atoms with van der Waals surface area (Å²) < 4.78 is 12.3. The zero-order valence-corrected chi connectivity index (χ0v) is 20.3. The normalized spacial score (nSPS) is 25.3. The summed E-state index contributed by atoms with van der Waals surface area (Å²) in [6, 6.07) is 4.99. The average molecular weight is 472 g/mol. The van der Waals surface area contributed by atoms with E-state index < -0.39 is 0 Å². The number of hydrogen-bond donors (Lipinski definition) is 2. The lowest BCUT2D eigenvalue weighted by molar-refractivity contribution is -0.134. The van der Waals surface area contributed by atoms with Crippen LogP contribution in [0.3, 0.4) is 0 Å². The molecule has 1 aromatic rings. The van der Waals surface area contributed by atoms with Crippen LogP contribution in [0.1, 0.15) is 75.1 Å². The van der Waals surface area contributed by atoms with Gasteiger partial charge < -0.3 is 25.0 Å². The molecule has 0 radical (unpaired) electrons. The zero-order chi connectivity index (χ0) is 24.1. The Morgan fingerprint density at radius 2 is 1.88 bits per heavy atom. The van der Waals surface area contributed by atoms with Gasteiger partial charge in [-0.1, -0.05) is 26.2 Å². The lowest BCUT2D eigenvalue weighted by Crippen LogP contribution is -2.54. The molecule has 2 heterocycles. The van der Waals surface area contributed by atoms with E-state index >= 15 is 0 Å². The molecule has 3 aliphatic rings. The van der Waals surface area contributed by atoms with Crippen LogP contribution < -0.4 is 15.4 Å². The number of fused-ring (bicyclic) bond motifs is 2. The number of likely N-dealkylation sites (N-methyl/N-ethyl adjacent to an activating group) is 1. The highest BCUT2D eigenvalue weighted by atomic mass is 16.5. The van der Waals surface area contributed by atoms with E-state index in [-0.39, 0.29) is 36.0 Å². The summed E-state index contributed by atoms with van der Waals surface area (Å²) in [5.74, 6) is 0.841. The lowest BCUT2D eigenvalue weighted by atomic mass is 9.89. The predicted molar refractivity (Wildman–Crippen MR) is 129 cm³/mol. The molecule has 0 aromatic heterocycles. The first-order chi connectivity index (χ1) is 16.4. The van der Waals surface area contributed by atoms with E-state index in [0.717, 1.165) is 19.4 Å². The van der Waals surface area contributed by atoms with Crippen LogP contribution in [0.5, 0.6) is 5.75 Å². The summed E-state index contributed by atoms with van der Waals surface area (Å²) in [6.45, 7) is 2.84. The van der Waals surface area contributed by atoms with Crippen LogP contribution in [0.15, 0.2) is 18.2 Å². The van der Waals surface area contributed by atoms with Gasteiger partial charge in [0, 0.05) is 25.7 Å². The van der Waals surface area contributed by atoms with E-state index in [4.69, 9.17) is 9.47 Å². The van der Waals surface area contributed by atoms with E-state index in [0.29, 0.717) is 42.4 Å². The fourth-order valence-electron chi connectivity index (χ4n) is 5.28. The summed E-state index contributed by atoms with van der Waals surface area (Å²) in [7, 11) is 1.78. The highest BCUT2D eigenvalue weighted by Crippen LogP contribution is 2.32. The molecule has 0 bridgehead atoms. The maximum atomic E-state index is 13.3. The molecule has 3 atom stereocenters. The van der Waals surface area contributed by atoms with Crippen LogP contribution in [0.25, 0.3) is 0 Å². The number of benzene rings is 1. The number of rotatable bonds is 6. The van der Waals surface area contributed by atoms with Crippen molar-refractivity contribution in [3.63, 3.8) is 0 Å². The third kappa shape index (κ3) is 5.90. The Morgan fingerprint density at radius 1 is 1.09 bits per heavy atom. The molecule has 4 rings (SSSR count). The summed E-state index contributed by atoms with van der Waals surface area (Å²) in [4.78, 5) is 39.3. The van der Waals surface area contributed by atoms with Crippen molar-refractivity contribution in [1.29, 1.82) is 0 Å². The Balaban J connectivity index is 1.36. The molecule has 34 heavy (non-hydrogen) atoms. The maximum Gasteiger partial charge on any atom is 0.257 e. The minimum absolute atomic E-state index is 0.0391. The second-order valence-electron chi connectivity index (χ2n) is 9.79. The molecule has 1 saturated heterocycles. The molecule has 2 N–H and O–H groups in total. The Bertz CT molecular complexity index is 898. The molecule has 186 valence electrons. The number of carbonyl (C=O) groups excluding carboxylic acids is 3. The lowest BCUT2D eigenvalue weighted by Gasteiger charge is -2.42. The first-order valence-electron chi connectivity index (χ1n) is 12.7. The van der Waals surface area contributed by atoms with Crippen molar-refractivity contribution in [3.05, 3.63) is 23.8 Å². The van der Waals surface area contributed by atoms with Gasteiger partial charge in [-0.15, -0.1) is 0 Å². The van der Waals surface area contributed by atoms with Crippen molar-refractivity contribution in [2.75, 3.05) is 25.5 Å². The molecular weight excluding hydrogens is 434 g/mol. The Kier molecular flexibility index (Phi) is 8.08. The van der Waals surface area contributed by atoms with Crippen molar-refractivity contribution < 1.29 is 23.9 Å². The van der Waals surface area contributed by atoms with E-state index in [1.807, 2.05) is 0 Å². The molecule has 8 heteroatoms. The quantitative estimate of drug-likeness (QED) is 0.662. The van der Waals surface area contributed by atoms with Crippen molar-refractivity contribution in [1.82, 2.24) is 10.2 Å². The Morgan fingerprint density at radius 3 is 2.65 bits per heavy atom. The fourth-order valence-corrected chi connectivity index (χ4v) is 5.28. The molecule has 2 fully saturated rings. The van der Waals surface area contributed by atoms with Gasteiger partial charge in [-0.25, -0.2) is 0 Å². The number of carbonyl (C=O) groups is 3. The van der Waals surface area contributed by atoms with Crippen molar-refractivity contribution in [3.8, 4) is 5.75 Å². The van der Waals surface area contributed by atoms with E-state index in [2.05, 4.69) is 10.6 Å². The summed E-state index contributed by atoms with van der Waals surface area (Å²) in [5, 5.41) is 5.90. The smallest absolute Gasteiger partial charge is 0.257 e. The van der Waals surface area contributed by atoms with Crippen molar-refractivity contribution >= 4 is 23.4 Å². The molecular formula is C26H37N3O5. The van der Waals surface area contributed by atoms with Gasteiger partial charge in [0.25, 0.3) is 5.91 Å². The first-order valence-corrected chi connectivity index (χ1v) is 12.7. The number of anilines is 1. The predicted octanol–water partition coefficient (Wildman–Crippen LogP) is 3.50. The SMILES string of the molecule is CCC(=O)Nc1ccc2c(c1)C(=O)N(C)[C@H]1CC[C@H](CC(=O)NCC3CCCCC3)O[C@@H]1CO2. The highest BCUT2D eigenvalue weighted by molar-refractivity contribution is 5.99. The zero-order valence-electron chi connectivity index (χ0n) is 20.3. The molecule has 2 aliphatic heterocycles. The van der Waals surface area contributed by atoms with Gasteiger partial charge in [0.1, 0.15) is 18.5 Å². The fraction of sp³-hybridized carbons (Fsp3) is 0.654. The van der Waals surface area contributed by atoms with Gasteiger partial charge in [-0.05, 0) is 49.8 Å². The minimum atomic E-state index is -0.300. The summed E-state index contributed by atoms with van der Waals surface area (Å²) in [6.07, 6.45) is 7.93. The van der Waals surface area contributed by atoms with E-state index in [1.54, 1.807) is 37.1 Å². The number of ether oxygens (including phenoxy) is 2. The Hall–Kier alpha value is -2.61. The molecule has 3 amide bonds. The molecule has 1 aliphatic carbocycles. The minimum Gasteiger partial charge on any atom is -0.490 e. The second kappa shape index (κ2) is 11.2. The van der Waals surface area contributed by atoms with Gasteiger partial charge in [-0.3, -0.25) is 14.4 Å². The monoisotopic (exact) mass is 471 g/mol. The third-order valence-corrected chi connectivity index (χ3v) is 7.34. The summed E-state index contributed by atoms with van der Waals surface area (Å²) >= 11 is 0. The molecule has 8 nitrogen and oxygen atoms in total. The first kappa shape index (κ1) is 24.5. The van der Waals surface area contributed by atoms with Crippen LogP contribution in [0.4, 0.5) is 5.69 Å². The summed E-state index contributed by atoms with van der Waals surface area (Å²) in [5.41, 5.74) is 1.01. The maximum absolute atomic E-state index is 13.3. The van der Waals surface area contributed by atoms with Crippen LogP contribution in [0, 0.1) is 5.92 Å². The Labute approximate surface area is 201 Å². The topological polar surface area (TPSA) is 97.0 Å². The standard InChI is InChI=1S/C26H37N3O5/c1-3-24(30)28-18-9-12-22-20(13-18)26(32)29(2)21-11-10-19(34-23(21)16-33-22)14-25(31)27-15-17-7-5-4-6-8-17/h9,12-13,17,19,21,23H,3-8,10-11,14-16H2,1-2H3,(H,27,31)(H,28,30)/t19-,21+,23-/m1/s1. The second-order valence-corrected chi connectivity index (χ2v) is 9.79. The number of nitrogens with zero attached hydrogens (tertiary/aromatic N) is 1. The van der Waals surface area contributed by atoms with Gasteiger partial charge in [0.2, 0.25) is 11.8 Å². The van der Waals surface area contributed by atoms with Crippen molar-refractivity contribution in [2.45, 2.75) is 83.0 Å². The number of hydrogen-bond acceptors (Lipinski definition) is 5. The molecule has 1 saturated carbocycles. The molecule has 0 unspecified atom stereocenters. The van der Waals surface area contributed by atoms with E-state index in [9.17, 15) is 14.4 Å². The van der Waals surface area contributed by atoms with Gasteiger partial charge in [0.15, 0.2) is 0 Å². The van der Waals surface area contributed by atoms with Crippen LogP contribution in [-0.4, -0.2) is 61.1 Å². The van der Waals surface area contributed by atoms with Gasteiger partial charge >= 0.3 is 0 Å². The highest BCUT2D eigenvalue weighted by Gasteiger charge is 2.39. The average Bonchev–Trinajstić information content (AvgIpc) is 2.86. The van der Waals surface area contributed by atoms with Crippen LogP contribution >= 0.6 is 0 Å². The molecule has 0 spiro atoms. The van der Waals surface area contributed by atoms with E-state index in [1.165, 1.54) is 32.1 Å². The largest absolute Gasteiger partial charge is 0.490 e. The third-order valence-electron chi connectivity index (χ3n) is 7.34.